The molecule has 0 aliphatic rings. The van der Waals surface area contributed by atoms with Crippen molar-refractivity contribution < 1.29 is 9.13 Å². The second-order valence-corrected chi connectivity index (χ2v) is 6.83. The smallest absolute Gasteiger partial charge is 0.190 e. The summed E-state index contributed by atoms with van der Waals surface area (Å²) >= 11 is 3.27. The van der Waals surface area contributed by atoms with E-state index in [-0.39, 0.29) is 29.8 Å². The number of aryl methyl sites for hydroxylation is 1. The van der Waals surface area contributed by atoms with Crippen molar-refractivity contribution in [2.24, 2.45) is 4.99 Å². The van der Waals surface area contributed by atoms with E-state index < -0.39 is 0 Å². The summed E-state index contributed by atoms with van der Waals surface area (Å²) in [4.78, 5) is 6.45. The zero-order chi connectivity index (χ0) is 18.5. The zero-order valence-corrected chi connectivity index (χ0v) is 19.8. The van der Waals surface area contributed by atoms with Gasteiger partial charge in [0.2, 0.25) is 0 Å². The van der Waals surface area contributed by atoms with E-state index in [4.69, 9.17) is 4.74 Å². The van der Waals surface area contributed by atoms with Crippen LogP contribution in [0.3, 0.4) is 0 Å². The highest BCUT2D eigenvalue weighted by Gasteiger charge is 2.03. The van der Waals surface area contributed by atoms with Gasteiger partial charge < -0.3 is 20.3 Å². The normalized spacial score (nSPS) is 11.4. The minimum Gasteiger partial charge on any atom is -0.383 e. The maximum absolute atomic E-state index is 13.8. The topological polar surface area (TPSA) is 48.9 Å². The first-order valence-electron chi connectivity index (χ1n) is 8.62. The zero-order valence-electron chi connectivity index (χ0n) is 15.9. The van der Waals surface area contributed by atoms with Gasteiger partial charge in [-0.15, -0.1) is 24.0 Å². The molecule has 2 N–H and O–H groups in total. The fourth-order valence-electron chi connectivity index (χ4n) is 2.35. The van der Waals surface area contributed by atoms with Gasteiger partial charge >= 0.3 is 0 Å². The van der Waals surface area contributed by atoms with Crippen LogP contribution in [0.4, 0.5) is 4.39 Å². The molecule has 26 heavy (non-hydrogen) atoms. The predicted octanol–water partition coefficient (Wildman–Crippen LogP) is 3.27. The molecule has 0 saturated heterocycles. The van der Waals surface area contributed by atoms with Gasteiger partial charge in [-0.05, 0) is 50.6 Å². The van der Waals surface area contributed by atoms with Crippen molar-refractivity contribution in [3.8, 4) is 0 Å². The number of methoxy groups -OCH3 is 1. The number of aliphatic imine (C=N–C) groups is 1. The Kier molecular flexibility index (Phi) is 15.3. The third-order valence-corrected chi connectivity index (χ3v) is 4.33. The minimum absolute atomic E-state index is 0. The molecule has 0 aromatic heterocycles. The molecule has 0 unspecified atom stereocenters. The summed E-state index contributed by atoms with van der Waals surface area (Å²) in [7, 11) is 5.57. The number of rotatable bonds is 11. The van der Waals surface area contributed by atoms with Crippen LogP contribution >= 0.6 is 39.9 Å². The quantitative estimate of drug-likeness (QED) is 0.194. The van der Waals surface area contributed by atoms with E-state index in [0.29, 0.717) is 6.42 Å². The summed E-state index contributed by atoms with van der Waals surface area (Å²) in [5.74, 6) is 0.630. The van der Waals surface area contributed by atoms with Crippen molar-refractivity contribution in [2.45, 2.75) is 19.3 Å². The number of benzene rings is 1. The first kappa shape index (κ1) is 25.6. The van der Waals surface area contributed by atoms with Crippen molar-refractivity contribution >= 4 is 45.9 Å². The molecule has 0 aliphatic carbocycles. The van der Waals surface area contributed by atoms with Gasteiger partial charge in [0.1, 0.15) is 5.82 Å². The Hall–Kier alpha value is -0.450. The number of hydrogen-bond acceptors (Lipinski definition) is 3. The first-order valence-corrected chi connectivity index (χ1v) is 9.42. The van der Waals surface area contributed by atoms with Crippen LogP contribution in [0, 0.1) is 5.82 Å². The maximum Gasteiger partial charge on any atom is 0.190 e. The van der Waals surface area contributed by atoms with Crippen molar-refractivity contribution in [3.63, 3.8) is 0 Å². The second-order valence-electron chi connectivity index (χ2n) is 5.91. The molecule has 0 radical (unpaired) electrons. The number of nitrogens with one attached hydrogen (secondary N) is 2. The lowest BCUT2D eigenvalue weighted by Gasteiger charge is -2.17. The molecular formula is C18H31BrFIN4O. The van der Waals surface area contributed by atoms with Crippen molar-refractivity contribution in [1.82, 2.24) is 15.5 Å². The number of hydrogen-bond donors (Lipinski definition) is 2. The van der Waals surface area contributed by atoms with Gasteiger partial charge in [0.15, 0.2) is 5.96 Å². The van der Waals surface area contributed by atoms with Gasteiger partial charge in [0.25, 0.3) is 0 Å². The molecular weight excluding hydrogens is 514 g/mol. The molecule has 0 atom stereocenters. The van der Waals surface area contributed by atoms with Crippen LogP contribution in [0.5, 0.6) is 0 Å². The number of guanidine groups is 1. The fraction of sp³-hybridized carbons (Fsp3) is 0.611. The molecule has 0 fully saturated rings. The Bertz CT molecular complexity index is 534. The van der Waals surface area contributed by atoms with E-state index >= 15 is 0 Å². The summed E-state index contributed by atoms with van der Waals surface area (Å²) in [6, 6.07) is 5.20. The lowest BCUT2D eigenvalue weighted by Crippen LogP contribution is -2.39. The van der Waals surface area contributed by atoms with Crippen LogP contribution in [0.2, 0.25) is 0 Å². The largest absolute Gasteiger partial charge is 0.383 e. The number of halogens is 3. The van der Waals surface area contributed by atoms with Gasteiger partial charge in [0.05, 0.1) is 6.61 Å². The summed E-state index contributed by atoms with van der Waals surface area (Å²) in [6.45, 7) is 4.32. The highest BCUT2D eigenvalue weighted by atomic mass is 127. The van der Waals surface area contributed by atoms with E-state index in [9.17, 15) is 4.39 Å². The molecule has 1 aromatic rings. The third-order valence-electron chi connectivity index (χ3n) is 3.84. The van der Waals surface area contributed by atoms with Crippen LogP contribution in [0.1, 0.15) is 18.4 Å². The lowest BCUT2D eigenvalue weighted by atomic mass is 10.1. The van der Waals surface area contributed by atoms with Crippen molar-refractivity contribution in [1.29, 1.82) is 0 Å². The highest BCUT2D eigenvalue weighted by molar-refractivity contribution is 14.0. The molecule has 0 spiro atoms. The number of nitrogens with zero attached hydrogens (tertiary/aromatic N) is 2. The monoisotopic (exact) mass is 544 g/mol. The van der Waals surface area contributed by atoms with Gasteiger partial charge in [-0.1, -0.05) is 22.0 Å². The summed E-state index contributed by atoms with van der Waals surface area (Å²) in [5.41, 5.74) is 0.743. The Morgan fingerprint density at radius 1 is 1.23 bits per heavy atom. The maximum atomic E-state index is 13.8. The van der Waals surface area contributed by atoms with Gasteiger partial charge in [-0.2, -0.15) is 0 Å². The third kappa shape index (κ3) is 11.3. The molecule has 0 bridgehead atoms. The fourth-order valence-corrected chi connectivity index (χ4v) is 2.68. The Labute approximate surface area is 182 Å². The lowest BCUT2D eigenvalue weighted by molar-refractivity contribution is 0.161. The average Bonchev–Trinajstić information content (AvgIpc) is 2.60. The Balaban J connectivity index is 0.00000625. The summed E-state index contributed by atoms with van der Waals surface area (Å²) in [5, 5.41) is 6.57. The minimum atomic E-state index is -0.158. The molecule has 5 nitrogen and oxygen atoms in total. The van der Waals surface area contributed by atoms with Crippen molar-refractivity contribution in [3.05, 3.63) is 34.1 Å². The molecule has 1 aromatic carbocycles. The standard InChI is InChI=1S/C18H30BrFN4O.HI/c1-21-18(23-10-5-11-24(2)12-13-25-3)22-9-4-6-15-7-8-16(19)14-17(15)20;/h7-8,14H,4-6,9-13H2,1-3H3,(H2,21,22,23);1H. The van der Waals surface area contributed by atoms with Gasteiger partial charge in [-0.25, -0.2) is 4.39 Å². The molecule has 8 heteroatoms. The van der Waals surface area contributed by atoms with Crippen LogP contribution in [0.15, 0.2) is 27.7 Å². The van der Waals surface area contributed by atoms with E-state index in [1.807, 2.05) is 12.1 Å². The van der Waals surface area contributed by atoms with Gasteiger partial charge in [0, 0.05) is 38.3 Å². The van der Waals surface area contributed by atoms with E-state index in [2.05, 4.69) is 43.5 Å². The Morgan fingerprint density at radius 3 is 2.54 bits per heavy atom. The summed E-state index contributed by atoms with van der Waals surface area (Å²) < 4.78 is 19.6. The molecule has 150 valence electrons. The highest BCUT2D eigenvalue weighted by Crippen LogP contribution is 2.16. The van der Waals surface area contributed by atoms with Gasteiger partial charge in [-0.3, -0.25) is 4.99 Å². The molecule has 0 saturated carbocycles. The van der Waals surface area contributed by atoms with Crippen molar-refractivity contribution in [2.75, 3.05) is 54.0 Å². The van der Waals surface area contributed by atoms with Crippen LogP contribution < -0.4 is 10.6 Å². The Morgan fingerprint density at radius 2 is 1.92 bits per heavy atom. The number of ether oxygens (including phenoxy) is 1. The van der Waals surface area contributed by atoms with E-state index in [1.54, 1.807) is 14.2 Å². The van der Waals surface area contributed by atoms with Crippen LogP contribution in [0.25, 0.3) is 0 Å². The SMILES string of the molecule is CN=C(NCCCc1ccc(Br)cc1F)NCCCN(C)CCOC.I. The average molecular weight is 545 g/mol. The predicted molar refractivity (Wildman–Crippen MR) is 121 cm³/mol. The van der Waals surface area contributed by atoms with E-state index in [1.165, 1.54) is 6.07 Å². The molecule has 0 aliphatic heterocycles. The first-order chi connectivity index (χ1) is 12.1. The second kappa shape index (κ2) is 15.6. The number of likely N-dealkylation sites (N-methyl/N-ethyl adjacent to an activating group) is 1. The van der Waals surface area contributed by atoms with Crippen LogP contribution in [-0.4, -0.2) is 64.9 Å². The molecule has 0 heterocycles. The summed E-state index contributed by atoms with van der Waals surface area (Å²) in [6.07, 6.45) is 2.58. The molecule has 1 rings (SSSR count). The van der Waals surface area contributed by atoms with Crippen LogP contribution in [-0.2, 0) is 11.2 Å². The van der Waals surface area contributed by atoms with E-state index in [0.717, 1.165) is 61.6 Å². The molecule has 0 amide bonds.